The zero-order valence-electron chi connectivity index (χ0n) is 10.8. The van der Waals surface area contributed by atoms with Gasteiger partial charge in [0.2, 0.25) is 0 Å². The van der Waals surface area contributed by atoms with Gasteiger partial charge < -0.3 is 10.2 Å². The minimum atomic E-state index is 0.639. The van der Waals surface area contributed by atoms with Gasteiger partial charge in [-0.3, -0.25) is 0 Å². The molecule has 0 spiro atoms. The van der Waals surface area contributed by atoms with Crippen molar-refractivity contribution in [1.82, 2.24) is 10.2 Å². The maximum Gasteiger partial charge on any atom is 0.0465 e. The number of likely N-dealkylation sites (tertiary alicyclic amines) is 1. The van der Waals surface area contributed by atoms with Crippen LogP contribution in [0.3, 0.4) is 0 Å². The Hall–Kier alpha value is -0.280. The average Bonchev–Trinajstić information content (AvgIpc) is 2.35. The molecule has 2 nitrogen and oxygen atoms in total. The SMILES string of the molecule is CN1CCCCC1CNCc1c(Cl)cccc1Cl. The largest absolute Gasteiger partial charge is 0.311 e. The van der Waals surface area contributed by atoms with Gasteiger partial charge in [0.25, 0.3) is 0 Å². The maximum absolute atomic E-state index is 6.14. The Morgan fingerprint density at radius 3 is 2.67 bits per heavy atom. The number of hydrogen-bond acceptors (Lipinski definition) is 2. The van der Waals surface area contributed by atoms with E-state index >= 15 is 0 Å². The molecule has 1 aromatic carbocycles. The molecule has 1 fully saturated rings. The molecule has 1 heterocycles. The van der Waals surface area contributed by atoms with Crippen molar-refractivity contribution in [3.8, 4) is 0 Å². The van der Waals surface area contributed by atoms with Crippen molar-refractivity contribution in [3.63, 3.8) is 0 Å². The first kappa shape index (κ1) is 14.1. The smallest absolute Gasteiger partial charge is 0.0465 e. The molecule has 0 bridgehead atoms. The molecule has 1 saturated heterocycles. The molecular weight excluding hydrogens is 267 g/mol. The van der Waals surface area contributed by atoms with Gasteiger partial charge in [-0.2, -0.15) is 0 Å². The second kappa shape index (κ2) is 6.76. The summed E-state index contributed by atoms with van der Waals surface area (Å²) in [6, 6.07) is 6.29. The molecule has 1 N–H and O–H groups in total. The zero-order valence-corrected chi connectivity index (χ0v) is 12.3. The zero-order chi connectivity index (χ0) is 13.0. The van der Waals surface area contributed by atoms with Crippen LogP contribution in [0.25, 0.3) is 0 Å². The molecule has 1 aromatic rings. The molecule has 1 aliphatic rings. The molecule has 100 valence electrons. The van der Waals surface area contributed by atoms with E-state index in [9.17, 15) is 0 Å². The molecule has 1 unspecified atom stereocenters. The highest BCUT2D eigenvalue weighted by atomic mass is 35.5. The molecule has 0 saturated carbocycles. The predicted octanol–water partition coefficient (Wildman–Crippen LogP) is 3.57. The molecular formula is C14H20Cl2N2. The minimum Gasteiger partial charge on any atom is -0.311 e. The van der Waals surface area contributed by atoms with Gasteiger partial charge in [0.1, 0.15) is 0 Å². The summed E-state index contributed by atoms with van der Waals surface area (Å²) in [6.45, 7) is 2.94. The van der Waals surface area contributed by atoms with E-state index in [1.165, 1.54) is 25.8 Å². The number of halogens is 2. The monoisotopic (exact) mass is 286 g/mol. The second-order valence-electron chi connectivity index (χ2n) is 4.96. The number of benzene rings is 1. The first-order valence-corrected chi connectivity index (χ1v) is 7.28. The second-order valence-corrected chi connectivity index (χ2v) is 5.78. The summed E-state index contributed by atoms with van der Waals surface area (Å²) < 4.78 is 0. The Labute approximate surface area is 119 Å². The first-order valence-electron chi connectivity index (χ1n) is 6.52. The van der Waals surface area contributed by atoms with E-state index in [1.807, 2.05) is 18.2 Å². The molecule has 1 aliphatic heterocycles. The third kappa shape index (κ3) is 3.61. The molecule has 18 heavy (non-hydrogen) atoms. The van der Waals surface area contributed by atoms with E-state index in [4.69, 9.17) is 23.2 Å². The van der Waals surface area contributed by atoms with Gasteiger partial charge in [0, 0.05) is 34.7 Å². The van der Waals surface area contributed by atoms with Gasteiger partial charge in [0.15, 0.2) is 0 Å². The lowest BCUT2D eigenvalue weighted by Crippen LogP contribution is -2.42. The van der Waals surface area contributed by atoms with Gasteiger partial charge in [-0.15, -0.1) is 0 Å². The van der Waals surface area contributed by atoms with Gasteiger partial charge >= 0.3 is 0 Å². The van der Waals surface area contributed by atoms with Crippen LogP contribution < -0.4 is 5.32 Å². The van der Waals surface area contributed by atoms with Crippen LogP contribution >= 0.6 is 23.2 Å². The van der Waals surface area contributed by atoms with Crippen molar-refractivity contribution in [2.24, 2.45) is 0 Å². The fraction of sp³-hybridized carbons (Fsp3) is 0.571. The highest BCUT2D eigenvalue weighted by Gasteiger charge is 2.18. The lowest BCUT2D eigenvalue weighted by atomic mass is 10.0. The first-order chi connectivity index (χ1) is 8.68. The van der Waals surface area contributed by atoms with Crippen LogP contribution in [0, 0.1) is 0 Å². The lowest BCUT2D eigenvalue weighted by Gasteiger charge is -2.32. The van der Waals surface area contributed by atoms with Crippen LogP contribution in [0.2, 0.25) is 10.0 Å². The van der Waals surface area contributed by atoms with E-state index in [1.54, 1.807) is 0 Å². The van der Waals surface area contributed by atoms with E-state index < -0.39 is 0 Å². The highest BCUT2D eigenvalue weighted by molar-refractivity contribution is 6.35. The quantitative estimate of drug-likeness (QED) is 0.910. The van der Waals surface area contributed by atoms with Crippen LogP contribution in [-0.2, 0) is 6.54 Å². The van der Waals surface area contributed by atoms with Crippen molar-refractivity contribution in [2.45, 2.75) is 31.8 Å². The van der Waals surface area contributed by atoms with Crippen molar-refractivity contribution >= 4 is 23.2 Å². The molecule has 1 atom stereocenters. The molecule has 4 heteroatoms. The predicted molar refractivity (Wildman–Crippen MR) is 78.4 cm³/mol. The maximum atomic E-state index is 6.14. The van der Waals surface area contributed by atoms with Gasteiger partial charge in [-0.25, -0.2) is 0 Å². The minimum absolute atomic E-state index is 0.639. The topological polar surface area (TPSA) is 15.3 Å². The molecule has 0 aliphatic carbocycles. The van der Waals surface area contributed by atoms with Crippen molar-refractivity contribution in [2.75, 3.05) is 20.1 Å². The van der Waals surface area contributed by atoms with Gasteiger partial charge in [0.05, 0.1) is 0 Å². The number of hydrogen-bond donors (Lipinski definition) is 1. The molecule has 2 rings (SSSR count). The van der Waals surface area contributed by atoms with Crippen LogP contribution in [0.5, 0.6) is 0 Å². The van der Waals surface area contributed by atoms with Crippen molar-refractivity contribution in [3.05, 3.63) is 33.8 Å². The summed E-state index contributed by atoms with van der Waals surface area (Å²) in [5.74, 6) is 0. The third-order valence-corrected chi connectivity index (χ3v) is 4.37. The lowest BCUT2D eigenvalue weighted by molar-refractivity contribution is 0.181. The highest BCUT2D eigenvalue weighted by Crippen LogP contribution is 2.24. The Morgan fingerprint density at radius 1 is 1.28 bits per heavy atom. The summed E-state index contributed by atoms with van der Waals surface area (Å²) in [6.07, 6.45) is 3.94. The number of likely N-dealkylation sites (N-methyl/N-ethyl adjacent to an activating group) is 1. The Balaban J connectivity index is 1.84. The van der Waals surface area contributed by atoms with Gasteiger partial charge in [-0.1, -0.05) is 35.7 Å². The van der Waals surface area contributed by atoms with Crippen LogP contribution in [0.1, 0.15) is 24.8 Å². The average molecular weight is 287 g/mol. The van der Waals surface area contributed by atoms with E-state index in [2.05, 4.69) is 17.3 Å². The third-order valence-electron chi connectivity index (χ3n) is 3.66. The van der Waals surface area contributed by atoms with E-state index in [0.29, 0.717) is 6.04 Å². The fourth-order valence-corrected chi connectivity index (χ4v) is 3.00. The Kier molecular flexibility index (Phi) is 5.31. The van der Waals surface area contributed by atoms with Crippen molar-refractivity contribution < 1.29 is 0 Å². The normalized spacial score (nSPS) is 21.2. The van der Waals surface area contributed by atoms with E-state index in [-0.39, 0.29) is 0 Å². The fourth-order valence-electron chi connectivity index (χ4n) is 2.47. The van der Waals surface area contributed by atoms with Gasteiger partial charge in [-0.05, 0) is 38.6 Å². The summed E-state index contributed by atoms with van der Waals surface area (Å²) in [5.41, 5.74) is 0.999. The Bertz CT molecular complexity index is 375. The van der Waals surface area contributed by atoms with Crippen LogP contribution in [0.4, 0.5) is 0 Å². The number of nitrogens with zero attached hydrogens (tertiary/aromatic N) is 1. The molecule has 0 radical (unpaired) electrons. The summed E-state index contributed by atoms with van der Waals surface area (Å²) in [4.78, 5) is 2.44. The summed E-state index contributed by atoms with van der Waals surface area (Å²) >= 11 is 12.3. The summed E-state index contributed by atoms with van der Waals surface area (Å²) in [5, 5.41) is 4.96. The number of rotatable bonds is 4. The van der Waals surface area contributed by atoms with Crippen LogP contribution in [-0.4, -0.2) is 31.1 Å². The Morgan fingerprint density at radius 2 is 2.00 bits per heavy atom. The molecule has 0 aromatic heterocycles. The summed E-state index contributed by atoms with van der Waals surface area (Å²) in [7, 11) is 2.20. The number of piperidine rings is 1. The molecule has 0 amide bonds. The number of nitrogens with one attached hydrogen (secondary N) is 1. The van der Waals surface area contributed by atoms with E-state index in [0.717, 1.165) is 28.7 Å². The standard InChI is InChI=1S/C14H20Cl2N2/c1-18-8-3-2-5-11(18)9-17-10-12-13(15)6-4-7-14(12)16/h4,6-7,11,17H,2-3,5,8-10H2,1H3. The van der Waals surface area contributed by atoms with Crippen LogP contribution in [0.15, 0.2) is 18.2 Å². The van der Waals surface area contributed by atoms with Crippen molar-refractivity contribution in [1.29, 1.82) is 0 Å².